The number of hydrogen-bond acceptors (Lipinski definition) is 15. The summed E-state index contributed by atoms with van der Waals surface area (Å²) in [4.78, 5) is 73.0. The molecule has 0 spiro atoms. The molecule has 0 radical (unpaired) electrons. The van der Waals surface area contributed by atoms with Crippen LogP contribution in [0.15, 0.2) is 0 Å². The third kappa shape index (κ3) is 72.4. The largest absolute Gasteiger partial charge is 0.472 e. The van der Waals surface area contributed by atoms with E-state index in [1.54, 1.807) is 0 Å². The third-order valence-electron chi connectivity index (χ3n) is 18.5. The van der Waals surface area contributed by atoms with Crippen molar-refractivity contribution < 1.29 is 80.2 Å². The molecule has 0 saturated carbocycles. The number of esters is 4. The van der Waals surface area contributed by atoms with Gasteiger partial charge in [-0.1, -0.05) is 363 Å². The van der Waals surface area contributed by atoms with Crippen molar-refractivity contribution in [3.63, 3.8) is 0 Å². The average molecular weight is 1440 g/mol. The summed E-state index contributed by atoms with van der Waals surface area (Å²) in [5, 5.41) is 10.6. The molecule has 0 fully saturated rings. The zero-order chi connectivity index (χ0) is 72.1. The number of hydrogen-bond donors (Lipinski definition) is 3. The second-order valence-corrected chi connectivity index (χ2v) is 32.3. The Labute approximate surface area is 600 Å². The SMILES string of the molecule is CCCCCCCCCCCCCCCC(=O)O[C@H](COC(=O)CCCCCCCCCCCCCC)COP(=O)(O)OC[C@H](O)COP(=O)(O)OC[C@@H](COC(=O)CCCCCCCCCCCCCCCC(C)C)OC(=O)CCCCCCCCCCCCCCCCC(C)C. The summed E-state index contributed by atoms with van der Waals surface area (Å²) in [6.45, 7) is 9.67. The summed E-state index contributed by atoms with van der Waals surface area (Å²) in [5.41, 5.74) is 0. The zero-order valence-corrected chi connectivity index (χ0v) is 65.9. The molecule has 2 unspecified atom stereocenters. The number of ether oxygens (including phenoxy) is 4. The lowest BCUT2D eigenvalue weighted by atomic mass is 10.0. The smallest absolute Gasteiger partial charge is 0.462 e. The van der Waals surface area contributed by atoms with Crippen molar-refractivity contribution in [2.75, 3.05) is 39.6 Å². The van der Waals surface area contributed by atoms with Gasteiger partial charge in [-0.2, -0.15) is 0 Å². The van der Waals surface area contributed by atoms with E-state index >= 15 is 0 Å². The Bertz CT molecular complexity index is 1890. The topological polar surface area (TPSA) is 237 Å². The molecule has 0 aromatic heterocycles. The molecule has 0 saturated heterocycles. The highest BCUT2D eigenvalue weighted by Gasteiger charge is 2.30. The van der Waals surface area contributed by atoms with Crippen LogP contribution in [0.2, 0.25) is 0 Å². The molecule has 3 N–H and O–H groups in total. The highest BCUT2D eigenvalue weighted by Crippen LogP contribution is 2.45. The molecule has 0 aliphatic rings. The average Bonchev–Trinajstić information content (AvgIpc) is 1.44. The number of phosphoric ester groups is 2. The first-order valence-electron chi connectivity index (χ1n) is 41.0. The molecule has 0 bridgehead atoms. The molecule has 0 amide bonds. The first-order valence-corrected chi connectivity index (χ1v) is 44.0. The third-order valence-corrected chi connectivity index (χ3v) is 20.4. The second kappa shape index (κ2) is 70.7. The van der Waals surface area contributed by atoms with Crippen molar-refractivity contribution in [2.45, 2.75) is 432 Å². The molecule has 19 heteroatoms. The van der Waals surface area contributed by atoms with Gasteiger partial charge in [0.05, 0.1) is 26.4 Å². The van der Waals surface area contributed by atoms with E-state index in [4.69, 9.17) is 37.0 Å². The molecule has 0 heterocycles. The normalized spacial score (nSPS) is 13.9. The van der Waals surface area contributed by atoms with Crippen LogP contribution in [-0.2, 0) is 65.4 Å². The summed E-state index contributed by atoms with van der Waals surface area (Å²) in [5.74, 6) is -0.522. The van der Waals surface area contributed by atoms with Crippen LogP contribution < -0.4 is 0 Å². The number of aliphatic hydroxyl groups excluding tert-OH is 1. The van der Waals surface area contributed by atoms with Crippen molar-refractivity contribution in [3.8, 4) is 0 Å². The van der Waals surface area contributed by atoms with E-state index in [2.05, 4.69) is 41.5 Å². The Morgan fingerprint density at radius 2 is 0.469 bits per heavy atom. The summed E-state index contributed by atoms with van der Waals surface area (Å²) >= 11 is 0. The minimum atomic E-state index is -4.96. The summed E-state index contributed by atoms with van der Waals surface area (Å²) in [7, 11) is -9.92. The molecular formula is C79H154O17P2. The number of carbonyl (C=O) groups excluding carboxylic acids is 4. The second-order valence-electron chi connectivity index (χ2n) is 29.4. The zero-order valence-electron chi connectivity index (χ0n) is 64.1. The number of rotatable bonds is 78. The minimum Gasteiger partial charge on any atom is -0.462 e. The van der Waals surface area contributed by atoms with Crippen LogP contribution in [0.1, 0.15) is 414 Å². The van der Waals surface area contributed by atoms with E-state index in [1.165, 1.54) is 231 Å². The number of unbranched alkanes of at least 4 members (excludes halogenated alkanes) is 48. The van der Waals surface area contributed by atoms with Crippen LogP contribution in [0.5, 0.6) is 0 Å². The lowest BCUT2D eigenvalue weighted by Crippen LogP contribution is -2.30. The van der Waals surface area contributed by atoms with Gasteiger partial charge in [0.2, 0.25) is 0 Å². The molecule has 0 aliphatic carbocycles. The quantitative estimate of drug-likeness (QED) is 0.0222. The number of phosphoric acid groups is 2. The maximum Gasteiger partial charge on any atom is 0.472 e. The molecule has 582 valence electrons. The fraction of sp³-hybridized carbons (Fsp3) is 0.949. The van der Waals surface area contributed by atoms with Crippen LogP contribution in [0, 0.1) is 11.8 Å². The van der Waals surface area contributed by atoms with Gasteiger partial charge in [-0.05, 0) is 37.5 Å². The fourth-order valence-corrected chi connectivity index (χ4v) is 13.8. The van der Waals surface area contributed by atoms with Gasteiger partial charge in [0.1, 0.15) is 19.3 Å². The molecule has 17 nitrogen and oxygen atoms in total. The van der Waals surface area contributed by atoms with Crippen LogP contribution in [0.3, 0.4) is 0 Å². The van der Waals surface area contributed by atoms with Gasteiger partial charge in [0.15, 0.2) is 12.2 Å². The van der Waals surface area contributed by atoms with E-state index in [1.807, 2.05) is 0 Å². The summed E-state index contributed by atoms with van der Waals surface area (Å²) < 4.78 is 68.7. The highest BCUT2D eigenvalue weighted by atomic mass is 31.2. The number of carbonyl (C=O) groups is 4. The maximum atomic E-state index is 13.1. The van der Waals surface area contributed by atoms with Gasteiger partial charge < -0.3 is 33.8 Å². The van der Waals surface area contributed by atoms with E-state index in [0.717, 1.165) is 102 Å². The van der Waals surface area contributed by atoms with E-state index in [9.17, 15) is 43.2 Å². The van der Waals surface area contributed by atoms with Gasteiger partial charge in [0.25, 0.3) is 0 Å². The Morgan fingerprint density at radius 1 is 0.276 bits per heavy atom. The predicted molar refractivity (Wildman–Crippen MR) is 400 cm³/mol. The molecule has 0 aromatic carbocycles. The first kappa shape index (κ1) is 96.1. The maximum absolute atomic E-state index is 13.1. The Kier molecular flexibility index (Phi) is 69.3. The molecule has 5 atom stereocenters. The van der Waals surface area contributed by atoms with Crippen LogP contribution in [-0.4, -0.2) is 96.7 Å². The molecule has 98 heavy (non-hydrogen) atoms. The molecular weight excluding hydrogens is 1280 g/mol. The standard InChI is InChI=1S/C79H154O17P2/c1-7-9-11-13-15-17-19-24-33-39-45-51-57-63-78(83)95-74(67-89-76(81)61-55-49-43-37-31-20-18-16-14-12-10-8-2)69-93-97(85,86)91-65-73(80)66-92-98(87,88)94-70-75(68-90-77(82)62-56-50-44-38-32-28-23-26-30-36-42-48-54-60-72(5)6)96-79(84)64-58-52-46-40-34-27-22-21-25-29-35-41-47-53-59-71(3)4/h71-75,80H,7-70H2,1-6H3,(H,85,86)(H,87,88)/t73-,74+,75+/m0/s1. The van der Waals surface area contributed by atoms with Gasteiger partial charge in [0, 0.05) is 25.7 Å². The summed E-state index contributed by atoms with van der Waals surface area (Å²) in [6.07, 6.45) is 59.4. The van der Waals surface area contributed by atoms with E-state index < -0.39 is 97.5 Å². The van der Waals surface area contributed by atoms with E-state index in [-0.39, 0.29) is 25.7 Å². The Balaban J connectivity index is 5.26. The van der Waals surface area contributed by atoms with Crippen molar-refractivity contribution in [3.05, 3.63) is 0 Å². The molecule has 0 aromatic rings. The van der Waals surface area contributed by atoms with Crippen molar-refractivity contribution in [2.24, 2.45) is 11.8 Å². The Hall–Kier alpha value is -1.94. The summed E-state index contributed by atoms with van der Waals surface area (Å²) in [6, 6.07) is 0. The van der Waals surface area contributed by atoms with Crippen molar-refractivity contribution in [1.82, 2.24) is 0 Å². The lowest BCUT2D eigenvalue weighted by molar-refractivity contribution is -0.161. The van der Waals surface area contributed by atoms with Gasteiger partial charge in [-0.3, -0.25) is 37.3 Å². The van der Waals surface area contributed by atoms with Gasteiger partial charge in [-0.15, -0.1) is 0 Å². The lowest BCUT2D eigenvalue weighted by Gasteiger charge is -2.21. The number of aliphatic hydroxyl groups is 1. The van der Waals surface area contributed by atoms with Crippen LogP contribution in [0.4, 0.5) is 0 Å². The van der Waals surface area contributed by atoms with E-state index in [0.29, 0.717) is 25.7 Å². The molecule has 0 rings (SSSR count). The minimum absolute atomic E-state index is 0.108. The highest BCUT2D eigenvalue weighted by molar-refractivity contribution is 7.47. The van der Waals surface area contributed by atoms with Crippen molar-refractivity contribution >= 4 is 39.5 Å². The monoisotopic (exact) mass is 1440 g/mol. The molecule has 0 aliphatic heterocycles. The van der Waals surface area contributed by atoms with Crippen molar-refractivity contribution in [1.29, 1.82) is 0 Å². The fourth-order valence-electron chi connectivity index (χ4n) is 12.2. The van der Waals surface area contributed by atoms with Gasteiger partial charge >= 0.3 is 39.5 Å². The predicted octanol–water partition coefficient (Wildman–Crippen LogP) is 23.5. The Morgan fingerprint density at radius 3 is 0.694 bits per heavy atom. The van der Waals surface area contributed by atoms with Crippen LogP contribution >= 0.6 is 15.6 Å². The van der Waals surface area contributed by atoms with Gasteiger partial charge in [-0.25, -0.2) is 9.13 Å². The van der Waals surface area contributed by atoms with Crippen LogP contribution in [0.25, 0.3) is 0 Å². The first-order chi connectivity index (χ1) is 47.4.